The largest absolute Gasteiger partial charge is 0.490 e. The van der Waals surface area contributed by atoms with Crippen molar-refractivity contribution in [3.8, 4) is 11.5 Å². The number of carbonyl (C=O) groups excluding carboxylic acids is 3. The minimum absolute atomic E-state index is 0.0272. The fourth-order valence-electron chi connectivity index (χ4n) is 3.78. The van der Waals surface area contributed by atoms with Crippen LogP contribution >= 0.6 is 15.9 Å². The molecular weight excluding hydrogens is 543 g/mol. The van der Waals surface area contributed by atoms with Crippen molar-refractivity contribution in [1.29, 1.82) is 0 Å². The normalized spacial score (nSPS) is 14.6. The molecule has 3 aromatic rings. The zero-order valence-electron chi connectivity index (χ0n) is 20.2. The first-order chi connectivity index (χ1) is 17.8. The molecule has 1 fully saturated rings. The number of nitrogens with one attached hydrogen (secondary N) is 1. The number of hydrogen-bond acceptors (Lipinski definition) is 5. The molecule has 9 heteroatoms. The van der Waals surface area contributed by atoms with E-state index < -0.39 is 17.8 Å². The molecule has 0 atom stereocenters. The van der Waals surface area contributed by atoms with Crippen LogP contribution in [-0.2, 0) is 22.6 Å². The maximum absolute atomic E-state index is 14.0. The Morgan fingerprint density at radius 3 is 2.41 bits per heavy atom. The predicted octanol–water partition coefficient (Wildman–Crippen LogP) is 5.79. The Hall–Kier alpha value is -3.98. The zero-order chi connectivity index (χ0) is 26.5. The Morgan fingerprint density at radius 1 is 1.00 bits per heavy atom. The number of nitrogens with zero attached hydrogens (tertiary/aromatic N) is 1. The van der Waals surface area contributed by atoms with Gasteiger partial charge in [0.2, 0.25) is 0 Å². The highest BCUT2D eigenvalue weighted by Gasteiger charge is 2.36. The minimum atomic E-state index is -0.815. The van der Waals surface area contributed by atoms with Crippen molar-refractivity contribution in [2.75, 3.05) is 11.5 Å². The second kappa shape index (κ2) is 11.4. The van der Waals surface area contributed by atoms with Gasteiger partial charge in [-0.05, 0) is 76.8 Å². The molecule has 4 amide bonds. The summed E-state index contributed by atoms with van der Waals surface area (Å²) in [6.45, 7) is 4.09. The number of halogens is 2. The SMILES string of the molecule is CCOc1cc(/C=C2/C(=O)NC(=O)N(c3ccc(CC)cc3)C2=O)cc(Br)c1OCc1ccccc1F. The van der Waals surface area contributed by atoms with Gasteiger partial charge in [0.05, 0.1) is 16.8 Å². The van der Waals surface area contributed by atoms with Crippen LogP contribution in [-0.4, -0.2) is 24.5 Å². The fraction of sp³-hybridized carbons (Fsp3) is 0.179. The molecule has 1 aliphatic rings. The molecule has 0 bridgehead atoms. The van der Waals surface area contributed by atoms with Crippen LogP contribution < -0.4 is 19.7 Å². The number of amides is 4. The van der Waals surface area contributed by atoms with Crippen LogP contribution in [0.4, 0.5) is 14.9 Å². The zero-order valence-corrected chi connectivity index (χ0v) is 21.8. The maximum atomic E-state index is 14.0. The van der Waals surface area contributed by atoms with E-state index >= 15 is 0 Å². The molecule has 0 spiro atoms. The maximum Gasteiger partial charge on any atom is 0.335 e. The highest BCUT2D eigenvalue weighted by atomic mass is 79.9. The van der Waals surface area contributed by atoms with Crippen molar-refractivity contribution in [1.82, 2.24) is 5.32 Å². The van der Waals surface area contributed by atoms with Gasteiger partial charge in [-0.15, -0.1) is 0 Å². The van der Waals surface area contributed by atoms with E-state index in [-0.39, 0.29) is 18.0 Å². The summed E-state index contributed by atoms with van der Waals surface area (Å²) in [6.07, 6.45) is 2.19. The summed E-state index contributed by atoms with van der Waals surface area (Å²) in [4.78, 5) is 39.3. The predicted molar refractivity (Wildman–Crippen MR) is 141 cm³/mol. The fourth-order valence-corrected chi connectivity index (χ4v) is 4.35. The van der Waals surface area contributed by atoms with E-state index in [1.54, 1.807) is 49.4 Å². The summed E-state index contributed by atoms with van der Waals surface area (Å²) in [5.74, 6) is -1.24. The molecule has 0 aromatic heterocycles. The van der Waals surface area contributed by atoms with Gasteiger partial charge in [-0.25, -0.2) is 14.1 Å². The Kier molecular flexibility index (Phi) is 8.03. The average Bonchev–Trinajstić information content (AvgIpc) is 2.87. The Morgan fingerprint density at radius 2 is 1.73 bits per heavy atom. The van der Waals surface area contributed by atoms with Gasteiger partial charge in [-0.2, -0.15) is 0 Å². The highest BCUT2D eigenvalue weighted by molar-refractivity contribution is 9.10. The van der Waals surface area contributed by atoms with Crippen LogP contribution in [0.15, 0.2) is 70.7 Å². The molecule has 0 aliphatic carbocycles. The molecule has 0 saturated carbocycles. The Balaban J connectivity index is 1.65. The summed E-state index contributed by atoms with van der Waals surface area (Å²) in [6, 6.07) is 15.7. The number of urea groups is 1. The number of ether oxygens (including phenoxy) is 2. The van der Waals surface area contributed by atoms with Crippen LogP contribution in [0.3, 0.4) is 0 Å². The summed E-state index contributed by atoms with van der Waals surface area (Å²) >= 11 is 3.45. The molecule has 7 nitrogen and oxygen atoms in total. The standard InChI is InChI=1S/C28H24BrFN2O5/c1-3-17-9-11-20(12-10-17)32-27(34)21(26(33)31-28(32)35)13-18-14-22(29)25(24(15-18)36-4-2)37-16-19-7-5-6-8-23(19)30/h5-15H,3-4,16H2,1-2H3,(H,31,33,35)/b21-13-. The first-order valence-electron chi connectivity index (χ1n) is 11.6. The Labute approximate surface area is 222 Å². The number of hydrogen-bond donors (Lipinski definition) is 1. The van der Waals surface area contributed by atoms with E-state index in [9.17, 15) is 18.8 Å². The van der Waals surface area contributed by atoms with E-state index in [4.69, 9.17) is 9.47 Å². The van der Waals surface area contributed by atoms with E-state index in [2.05, 4.69) is 21.2 Å². The van der Waals surface area contributed by atoms with Gasteiger partial charge >= 0.3 is 6.03 Å². The first kappa shape index (κ1) is 26.1. The second-order valence-corrected chi connectivity index (χ2v) is 8.98. The second-order valence-electron chi connectivity index (χ2n) is 8.12. The number of anilines is 1. The van der Waals surface area contributed by atoms with E-state index in [1.807, 2.05) is 19.1 Å². The van der Waals surface area contributed by atoms with Gasteiger partial charge in [0.15, 0.2) is 11.5 Å². The number of aryl methyl sites for hydroxylation is 1. The van der Waals surface area contributed by atoms with E-state index in [0.717, 1.165) is 16.9 Å². The van der Waals surface area contributed by atoms with Crippen molar-refractivity contribution in [2.24, 2.45) is 0 Å². The molecule has 1 heterocycles. The van der Waals surface area contributed by atoms with E-state index in [1.165, 1.54) is 12.1 Å². The number of benzene rings is 3. The average molecular weight is 567 g/mol. The molecule has 3 aromatic carbocycles. The van der Waals surface area contributed by atoms with Crippen molar-refractivity contribution in [3.05, 3.63) is 93.2 Å². The quantitative estimate of drug-likeness (QED) is 0.275. The lowest BCUT2D eigenvalue weighted by Crippen LogP contribution is -2.54. The third-order valence-electron chi connectivity index (χ3n) is 5.68. The molecular formula is C28H24BrFN2O5. The van der Waals surface area contributed by atoms with Crippen LogP contribution in [0.5, 0.6) is 11.5 Å². The smallest absolute Gasteiger partial charge is 0.335 e. The first-order valence-corrected chi connectivity index (χ1v) is 12.4. The van der Waals surface area contributed by atoms with Gasteiger partial charge in [0.1, 0.15) is 18.0 Å². The van der Waals surface area contributed by atoms with Gasteiger partial charge in [-0.3, -0.25) is 14.9 Å². The van der Waals surface area contributed by atoms with E-state index in [0.29, 0.717) is 39.4 Å². The van der Waals surface area contributed by atoms with Crippen molar-refractivity contribution < 1.29 is 28.2 Å². The summed E-state index contributed by atoms with van der Waals surface area (Å²) in [7, 11) is 0. The number of rotatable bonds is 8. The lowest BCUT2D eigenvalue weighted by atomic mass is 10.1. The third kappa shape index (κ3) is 5.72. The number of carbonyl (C=O) groups is 3. The molecule has 0 unspecified atom stereocenters. The minimum Gasteiger partial charge on any atom is -0.490 e. The molecule has 37 heavy (non-hydrogen) atoms. The van der Waals surface area contributed by atoms with Crippen molar-refractivity contribution in [3.63, 3.8) is 0 Å². The van der Waals surface area contributed by atoms with Crippen molar-refractivity contribution in [2.45, 2.75) is 26.9 Å². The number of imide groups is 2. The highest BCUT2D eigenvalue weighted by Crippen LogP contribution is 2.38. The summed E-state index contributed by atoms with van der Waals surface area (Å²) in [5, 5.41) is 2.22. The third-order valence-corrected chi connectivity index (χ3v) is 6.27. The molecule has 4 rings (SSSR count). The van der Waals surface area contributed by atoms with Gasteiger partial charge in [0, 0.05) is 5.56 Å². The molecule has 1 saturated heterocycles. The summed E-state index contributed by atoms with van der Waals surface area (Å²) < 4.78 is 26.1. The molecule has 0 radical (unpaired) electrons. The van der Waals surface area contributed by atoms with Crippen LogP contribution in [0.2, 0.25) is 0 Å². The lowest BCUT2D eigenvalue weighted by molar-refractivity contribution is -0.122. The van der Waals surface area contributed by atoms with Crippen LogP contribution in [0.25, 0.3) is 6.08 Å². The lowest BCUT2D eigenvalue weighted by Gasteiger charge is -2.26. The number of barbiturate groups is 1. The topological polar surface area (TPSA) is 84.9 Å². The monoisotopic (exact) mass is 566 g/mol. The van der Waals surface area contributed by atoms with Gasteiger partial charge in [-0.1, -0.05) is 37.3 Å². The van der Waals surface area contributed by atoms with Gasteiger partial charge < -0.3 is 9.47 Å². The summed E-state index contributed by atoms with van der Waals surface area (Å²) in [5.41, 5.74) is 2.03. The van der Waals surface area contributed by atoms with Gasteiger partial charge in [0.25, 0.3) is 11.8 Å². The Bertz CT molecular complexity index is 1390. The molecule has 1 aliphatic heterocycles. The van der Waals surface area contributed by atoms with Crippen LogP contribution in [0, 0.1) is 5.82 Å². The molecule has 1 N–H and O–H groups in total. The molecule has 190 valence electrons. The van der Waals surface area contributed by atoms with Crippen LogP contribution in [0.1, 0.15) is 30.5 Å². The van der Waals surface area contributed by atoms with Crippen molar-refractivity contribution >= 4 is 45.5 Å².